The Morgan fingerprint density at radius 2 is 1.63 bits per heavy atom. The lowest BCUT2D eigenvalue weighted by molar-refractivity contribution is -0.137. The van der Waals surface area contributed by atoms with E-state index in [1.165, 1.54) is 5.56 Å². The molecule has 1 aromatic carbocycles. The van der Waals surface area contributed by atoms with Crippen molar-refractivity contribution in [1.82, 2.24) is 10.9 Å². The van der Waals surface area contributed by atoms with E-state index in [0.29, 0.717) is 5.70 Å². The summed E-state index contributed by atoms with van der Waals surface area (Å²) in [5.74, 6) is -1.96. The normalized spacial score (nSPS) is 10.7. The second-order valence-electron chi connectivity index (χ2n) is 5.25. The van der Waals surface area contributed by atoms with Gasteiger partial charge in [0.2, 0.25) is 0 Å². The molecule has 1 aromatic rings. The molecule has 0 heterocycles. The van der Waals surface area contributed by atoms with Gasteiger partial charge in [-0.3, -0.25) is 20.4 Å². The Bertz CT molecular complexity index is 498. The van der Waals surface area contributed by atoms with Crippen molar-refractivity contribution >= 4 is 17.5 Å². The quantitative estimate of drug-likeness (QED) is 0.562. The van der Waals surface area contributed by atoms with Crippen molar-refractivity contribution in [3.05, 3.63) is 42.0 Å². The first-order valence-electron chi connectivity index (χ1n) is 5.87. The number of benzene rings is 1. The molecular weight excluding hydrogens is 242 g/mol. The van der Waals surface area contributed by atoms with E-state index in [2.05, 4.69) is 38.2 Å². The molecule has 19 heavy (non-hydrogen) atoms. The highest BCUT2D eigenvalue weighted by Crippen LogP contribution is 2.23. The molecule has 0 radical (unpaired) electrons. The molecule has 0 spiro atoms. The summed E-state index contributed by atoms with van der Waals surface area (Å²) in [6, 6.07) is 7.79. The van der Waals surface area contributed by atoms with Crippen LogP contribution in [-0.2, 0) is 15.0 Å². The van der Waals surface area contributed by atoms with E-state index in [1.54, 1.807) is 0 Å². The maximum atomic E-state index is 11.0. The summed E-state index contributed by atoms with van der Waals surface area (Å²) in [4.78, 5) is 21.5. The number of primary amides is 1. The maximum Gasteiger partial charge on any atom is 0.327 e. The van der Waals surface area contributed by atoms with Crippen LogP contribution in [0.25, 0.3) is 5.70 Å². The van der Waals surface area contributed by atoms with Crippen molar-refractivity contribution in [1.29, 1.82) is 0 Å². The summed E-state index contributed by atoms with van der Waals surface area (Å²) in [7, 11) is 0. The van der Waals surface area contributed by atoms with Crippen LogP contribution in [0, 0.1) is 0 Å². The van der Waals surface area contributed by atoms with Gasteiger partial charge in [0.15, 0.2) is 0 Å². The molecule has 0 bridgehead atoms. The Morgan fingerprint density at radius 3 is 2.05 bits per heavy atom. The average molecular weight is 261 g/mol. The van der Waals surface area contributed by atoms with Crippen molar-refractivity contribution in [2.75, 3.05) is 0 Å². The Labute approximate surface area is 112 Å². The van der Waals surface area contributed by atoms with Gasteiger partial charge in [-0.1, -0.05) is 51.6 Å². The summed E-state index contributed by atoms with van der Waals surface area (Å²) < 4.78 is 0. The minimum absolute atomic E-state index is 0.0769. The van der Waals surface area contributed by atoms with E-state index >= 15 is 0 Å². The molecule has 0 saturated carbocycles. The molecule has 0 aromatic heterocycles. The van der Waals surface area contributed by atoms with Gasteiger partial charge in [-0.05, 0) is 16.5 Å². The zero-order chi connectivity index (χ0) is 14.6. The van der Waals surface area contributed by atoms with E-state index < -0.39 is 11.8 Å². The molecule has 0 aliphatic carbocycles. The number of amides is 2. The van der Waals surface area contributed by atoms with Gasteiger partial charge in [0.25, 0.3) is 0 Å². The lowest BCUT2D eigenvalue weighted by atomic mass is 9.86. The lowest BCUT2D eigenvalue weighted by Gasteiger charge is -2.19. The number of carbonyl (C=O) groups is 2. The second kappa shape index (κ2) is 5.56. The predicted octanol–water partition coefficient (Wildman–Crippen LogP) is 1.06. The second-order valence-corrected chi connectivity index (χ2v) is 5.25. The lowest BCUT2D eigenvalue weighted by Crippen LogP contribution is -2.43. The average Bonchev–Trinajstić information content (AvgIpc) is 2.34. The summed E-state index contributed by atoms with van der Waals surface area (Å²) in [6.07, 6.45) is 0. The van der Waals surface area contributed by atoms with Crippen LogP contribution in [0.2, 0.25) is 0 Å². The van der Waals surface area contributed by atoms with Crippen LogP contribution in [0.1, 0.15) is 31.9 Å². The third kappa shape index (κ3) is 4.13. The first kappa shape index (κ1) is 14.8. The molecule has 0 fully saturated rings. The maximum absolute atomic E-state index is 11.0. The molecular formula is C14H19N3O2. The Balaban J connectivity index is 2.69. The van der Waals surface area contributed by atoms with Gasteiger partial charge in [0.05, 0.1) is 5.70 Å². The van der Waals surface area contributed by atoms with Crippen molar-refractivity contribution in [2.24, 2.45) is 5.73 Å². The van der Waals surface area contributed by atoms with Gasteiger partial charge in [-0.15, -0.1) is 0 Å². The first-order chi connectivity index (χ1) is 8.71. The highest BCUT2D eigenvalue weighted by atomic mass is 16.2. The van der Waals surface area contributed by atoms with Crippen LogP contribution >= 0.6 is 0 Å². The fourth-order valence-corrected chi connectivity index (χ4v) is 1.44. The van der Waals surface area contributed by atoms with Crippen LogP contribution in [-0.4, -0.2) is 11.8 Å². The summed E-state index contributed by atoms with van der Waals surface area (Å²) in [6.45, 7) is 10.2. The van der Waals surface area contributed by atoms with Gasteiger partial charge in [0, 0.05) is 0 Å². The van der Waals surface area contributed by atoms with Crippen LogP contribution < -0.4 is 16.6 Å². The van der Waals surface area contributed by atoms with Crippen LogP contribution in [0.4, 0.5) is 0 Å². The number of hydrogen-bond acceptors (Lipinski definition) is 3. The molecule has 0 aliphatic heterocycles. The Hall–Kier alpha value is -2.30. The summed E-state index contributed by atoms with van der Waals surface area (Å²) in [5.41, 5.74) is 12.1. The minimum atomic E-state index is -1.05. The SMILES string of the molecule is C=C(NNC(=O)C(N)=O)c1ccc(C(C)(C)C)cc1. The largest absolute Gasteiger partial charge is 0.361 e. The van der Waals surface area contributed by atoms with Gasteiger partial charge in [-0.25, -0.2) is 0 Å². The molecule has 5 nitrogen and oxygen atoms in total. The molecule has 2 amide bonds. The van der Waals surface area contributed by atoms with Crippen LogP contribution in [0.5, 0.6) is 0 Å². The van der Waals surface area contributed by atoms with E-state index in [0.717, 1.165) is 5.56 Å². The third-order valence-corrected chi connectivity index (χ3v) is 2.65. The molecule has 0 aliphatic rings. The highest BCUT2D eigenvalue weighted by Gasteiger charge is 2.13. The smallest absolute Gasteiger partial charge is 0.327 e. The summed E-state index contributed by atoms with van der Waals surface area (Å²) in [5, 5.41) is 0. The zero-order valence-corrected chi connectivity index (χ0v) is 11.4. The monoisotopic (exact) mass is 261 g/mol. The predicted molar refractivity (Wildman–Crippen MR) is 74.6 cm³/mol. The van der Waals surface area contributed by atoms with E-state index in [1.807, 2.05) is 24.3 Å². The third-order valence-electron chi connectivity index (χ3n) is 2.65. The Morgan fingerprint density at radius 1 is 1.11 bits per heavy atom. The standard InChI is InChI=1S/C14H19N3O2/c1-9(16-17-13(19)12(15)18)10-5-7-11(8-6-10)14(2,3)4/h5-8,16H,1H2,2-4H3,(H2,15,18)(H,17,19). The topological polar surface area (TPSA) is 84.2 Å². The summed E-state index contributed by atoms with van der Waals surface area (Å²) >= 11 is 0. The van der Waals surface area contributed by atoms with Crippen molar-refractivity contribution in [3.8, 4) is 0 Å². The zero-order valence-electron chi connectivity index (χ0n) is 11.4. The number of rotatable bonds is 3. The van der Waals surface area contributed by atoms with Gasteiger partial charge >= 0.3 is 11.8 Å². The number of hydrazine groups is 1. The molecule has 5 heteroatoms. The van der Waals surface area contributed by atoms with Crippen molar-refractivity contribution in [3.63, 3.8) is 0 Å². The number of hydrogen-bond donors (Lipinski definition) is 3. The first-order valence-corrected chi connectivity index (χ1v) is 5.87. The van der Waals surface area contributed by atoms with Gasteiger partial charge < -0.3 is 5.73 Å². The Kier molecular flexibility index (Phi) is 4.32. The fourth-order valence-electron chi connectivity index (χ4n) is 1.44. The van der Waals surface area contributed by atoms with Crippen molar-refractivity contribution < 1.29 is 9.59 Å². The van der Waals surface area contributed by atoms with Crippen LogP contribution in [0.3, 0.4) is 0 Å². The fraction of sp³-hybridized carbons (Fsp3) is 0.286. The molecule has 1 rings (SSSR count). The number of carbonyl (C=O) groups excluding carboxylic acids is 2. The number of nitrogens with two attached hydrogens (primary N) is 1. The highest BCUT2D eigenvalue weighted by molar-refractivity contribution is 6.34. The van der Waals surface area contributed by atoms with Crippen LogP contribution in [0.15, 0.2) is 30.8 Å². The molecule has 0 atom stereocenters. The molecule has 4 N–H and O–H groups in total. The number of nitrogens with one attached hydrogen (secondary N) is 2. The van der Waals surface area contributed by atoms with E-state index in [4.69, 9.17) is 5.73 Å². The molecule has 102 valence electrons. The molecule has 0 unspecified atom stereocenters. The minimum Gasteiger partial charge on any atom is -0.361 e. The molecule has 0 saturated heterocycles. The van der Waals surface area contributed by atoms with Gasteiger partial charge in [0.1, 0.15) is 0 Å². The van der Waals surface area contributed by atoms with Gasteiger partial charge in [-0.2, -0.15) is 0 Å². The van der Waals surface area contributed by atoms with E-state index in [-0.39, 0.29) is 5.41 Å². The van der Waals surface area contributed by atoms with Crippen molar-refractivity contribution in [2.45, 2.75) is 26.2 Å². The van der Waals surface area contributed by atoms with E-state index in [9.17, 15) is 9.59 Å².